The molecule has 0 saturated heterocycles. The Labute approximate surface area is 143 Å². The summed E-state index contributed by atoms with van der Waals surface area (Å²) >= 11 is 0. The van der Waals surface area contributed by atoms with E-state index in [1.807, 2.05) is 0 Å². The molecule has 25 heavy (non-hydrogen) atoms. The maximum Gasteiger partial charge on any atom is 0.310 e. The number of nitrogens with one attached hydrogen (secondary N) is 1. The predicted octanol–water partition coefficient (Wildman–Crippen LogP) is 3.01. The lowest BCUT2D eigenvalue weighted by atomic mass is 10.1. The largest absolute Gasteiger partial charge is 0.494 e. The minimum atomic E-state index is -0.685. The summed E-state index contributed by atoms with van der Waals surface area (Å²) in [5.74, 6) is -2.25. The van der Waals surface area contributed by atoms with Crippen molar-refractivity contribution in [2.75, 3.05) is 19.0 Å². The van der Waals surface area contributed by atoms with Crippen LogP contribution in [0.4, 0.5) is 14.5 Å². The van der Waals surface area contributed by atoms with Crippen LogP contribution in [0.15, 0.2) is 36.4 Å². The number of methoxy groups -OCH3 is 1. The van der Waals surface area contributed by atoms with Gasteiger partial charge in [0.2, 0.25) is 0 Å². The summed E-state index contributed by atoms with van der Waals surface area (Å²) in [6.07, 6.45) is -0.187. The van der Waals surface area contributed by atoms with Crippen LogP contribution in [0.1, 0.15) is 11.1 Å². The summed E-state index contributed by atoms with van der Waals surface area (Å²) in [5, 5.41) is 2.42. The molecule has 0 aromatic heterocycles. The molecule has 0 aliphatic rings. The number of ether oxygens (including phenoxy) is 2. The highest BCUT2D eigenvalue weighted by Gasteiger charge is 2.11. The van der Waals surface area contributed by atoms with Gasteiger partial charge in [-0.1, -0.05) is 12.1 Å². The van der Waals surface area contributed by atoms with Crippen molar-refractivity contribution >= 4 is 17.6 Å². The predicted molar refractivity (Wildman–Crippen MR) is 87.4 cm³/mol. The number of esters is 1. The maximum atomic E-state index is 13.5. The van der Waals surface area contributed by atoms with Crippen LogP contribution in [0.5, 0.6) is 5.75 Å². The smallest absolute Gasteiger partial charge is 0.310 e. The van der Waals surface area contributed by atoms with E-state index >= 15 is 0 Å². The van der Waals surface area contributed by atoms with Gasteiger partial charge in [0, 0.05) is 5.69 Å². The van der Waals surface area contributed by atoms with Gasteiger partial charge in [-0.25, -0.2) is 8.78 Å². The summed E-state index contributed by atoms with van der Waals surface area (Å²) in [6.45, 7) is 1.08. The molecular weight excluding hydrogens is 332 g/mol. The zero-order chi connectivity index (χ0) is 18.4. The Morgan fingerprint density at radius 3 is 2.48 bits per heavy atom. The third-order valence-electron chi connectivity index (χ3n) is 3.38. The van der Waals surface area contributed by atoms with E-state index in [1.54, 1.807) is 6.92 Å². The highest BCUT2D eigenvalue weighted by Crippen LogP contribution is 2.18. The van der Waals surface area contributed by atoms with Gasteiger partial charge in [0.25, 0.3) is 5.91 Å². The molecule has 1 N–H and O–H groups in total. The minimum absolute atomic E-state index is 0.0711. The molecule has 0 aliphatic carbocycles. The molecule has 0 heterocycles. The SMILES string of the molecule is COc1ccc(CC(=O)OCC(=O)Nc2ccc(C)c(F)c2)cc1F. The monoisotopic (exact) mass is 349 g/mol. The van der Waals surface area contributed by atoms with Crippen LogP contribution in [0, 0.1) is 18.6 Å². The Morgan fingerprint density at radius 2 is 1.84 bits per heavy atom. The van der Waals surface area contributed by atoms with Crippen LogP contribution in [-0.4, -0.2) is 25.6 Å². The molecule has 1 amide bonds. The molecule has 0 bridgehead atoms. The highest BCUT2D eigenvalue weighted by molar-refractivity contribution is 5.92. The lowest BCUT2D eigenvalue weighted by molar-refractivity contribution is -0.146. The highest BCUT2D eigenvalue weighted by atomic mass is 19.1. The first kappa shape index (κ1) is 18.4. The van der Waals surface area contributed by atoms with Crippen LogP contribution in [0.25, 0.3) is 0 Å². The Morgan fingerprint density at radius 1 is 1.08 bits per heavy atom. The summed E-state index contributed by atoms with van der Waals surface area (Å²) in [5.41, 5.74) is 1.11. The molecule has 0 spiro atoms. The van der Waals surface area contributed by atoms with E-state index in [0.29, 0.717) is 11.1 Å². The van der Waals surface area contributed by atoms with Crippen LogP contribution < -0.4 is 10.1 Å². The summed E-state index contributed by atoms with van der Waals surface area (Å²) in [6, 6.07) is 8.33. The van der Waals surface area contributed by atoms with Gasteiger partial charge in [-0.15, -0.1) is 0 Å². The molecule has 132 valence electrons. The number of hydrogen-bond donors (Lipinski definition) is 1. The zero-order valence-electron chi connectivity index (χ0n) is 13.8. The van der Waals surface area contributed by atoms with Crippen molar-refractivity contribution in [1.82, 2.24) is 0 Å². The Balaban J connectivity index is 1.83. The Bertz CT molecular complexity index is 793. The summed E-state index contributed by atoms with van der Waals surface area (Å²) in [7, 11) is 1.34. The van der Waals surface area contributed by atoms with Gasteiger partial charge in [0.15, 0.2) is 18.2 Å². The molecule has 2 rings (SSSR count). The van der Waals surface area contributed by atoms with Gasteiger partial charge < -0.3 is 14.8 Å². The first-order valence-corrected chi connectivity index (χ1v) is 7.43. The van der Waals surface area contributed by atoms with Crippen molar-refractivity contribution in [3.63, 3.8) is 0 Å². The second-order valence-electron chi connectivity index (χ2n) is 5.32. The van der Waals surface area contributed by atoms with Crippen LogP contribution in [0.2, 0.25) is 0 Å². The second-order valence-corrected chi connectivity index (χ2v) is 5.32. The number of carbonyl (C=O) groups is 2. The maximum absolute atomic E-state index is 13.5. The standard InChI is InChI=1S/C18H17F2NO4/c1-11-3-5-13(9-14(11)19)21-17(22)10-25-18(23)8-12-4-6-16(24-2)15(20)7-12/h3-7,9H,8,10H2,1-2H3,(H,21,22). The minimum Gasteiger partial charge on any atom is -0.494 e. The van der Waals surface area contributed by atoms with Crippen molar-refractivity contribution in [2.24, 2.45) is 0 Å². The molecule has 0 fully saturated rings. The van der Waals surface area contributed by atoms with E-state index < -0.39 is 30.1 Å². The zero-order valence-corrected chi connectivity index (χ0v) is 13.8. The normalized spacial score (nSPS) is 10.2. The van der Waals surface area contributed by atoms with Crippen molar-refractivity contribution in [3.05, 3.63) is 59.2 Å². The van der Waals surface area contributed by atoms with E-state index in [-0.39, 0.29) is 17.9 Å². The third kappa shape index (κ3) is 5.27. The molecule has 2 aromatic rings. The summed E-state index contributed by atoms with van der Waals surface area (Å²) in [4.78, 5) is 23.4. The van der Waals surface area contributed by atoms with E-state index in [2.05, 4.69) is 5.32 Å². The van der Waals surface area contributed by atoms with Gasteiger partial charge in [0.05, 0.1) is 13.5 Å². The fourth-order valence-corrected chi connectivity index (χ4v) is 2.05. The lowest BCUT2D eigenvalue weighted by Crippen LogP contribution is -2.21. The molecule has 0 unspecified atom stereocenters. The molecule has 0 saturated carbocycles. The molecular formula is C18H17F2NO4. The van der Waals surface area contributed by atoms with Crippen molar-refractivity contribution in [1.29, 1.82) is 0 Å². The van der Waals surface area contributed by atoms with E-state index in [0.717, 1.165) is 6.07 Å². The quantitative estimate of drug-likeness (QED) is 0.815. The number of amides is 1. The molecule has 2 aromatic carbocycles. The molecule has 0 aliphatic heterocycles. The van der Waals surface area contributed by atoms with E-state index in [9.17, 15) is 18.4 Å². The number of halogens is 2. The van der Waals surface area contributed by atoms with Gasteiger partial charge in [-0.3, -0.25) is 9.59 Å². The second kappa shape index (κ2) is 8.23. The number of hydrogen-bond acceptors (Lipinski definition) is 4. The first-order chi connectivity index (χ1) is 11.9. The molecule has 7 heteroatoms. The average Bonchev–Trinajstić information content (AvgIpc) is 2.56. The fraction of sp³-hybridized carbons (Fsp3) is 0.222. The number of benzene rings is 2. The van der Waals surface area contributed by atoms with E-state index in [1.165, 1.54) is 37.4 Å². The van der Waals surface area contributed by atoms with Gasteiger partial charge in [-0.2, -0.15) is 0 Å². The topological polar surface area (TPSA) is 64.6 Å². The van der Waals surface area contributed by atoms with Gasteiger partial charge in [0.1, 0.15) is 5.82 Å². The number of carbonyl (C=O) groups excluding carboxylic acids is 2. The van der Waals surface area contributed by atoms with Crippen LogP contribution in [-0.2, 0) is 20.7 Å². The Hall–Kier alpha value is -2.96. The lowest BCUT2D eigenvalue weighted by Gasteiger charge is -2.08. The van der Waals surface area contributed by atoms with Crippen molar-refractivity contribution in [2.45, 2.75) is 13.3 Å². The third-order valence-corrected chi connectivity index (χ3v) is 3.38. The van der Waals surface area contributed by atoms with Gasteiger partial charge >= 0.3 is 5.97 Å². The number of aryl methyl sites for hydroxylation is 1. The summed E-state index contributed by atoms with van der Waals surface area (Å²) < 4.78 is 36.6. The Kier molecular flexibility index (Phi) is 6.05. The number of rotatable bonds is 6. The average molecular weight is 349 g/mol. The van der Waals surface area contributed by atoms with Crippen molar-refractivity contribution in [3.8, 4) is 5.75 Å². The number of anilines is 1. The molecule has 0 radical (unpaired) electrons. The van der Waals surface area contributed by atoms with Crippen molar-refractivity contribution < 1.29 is 27.8 Å². The fourth-order valence-electron chi connectivity index (χ4n) is 2.05. The van der Waals surface area contributed by atoms with Crippen LogP contribution in [0.3, 0.4) is 0 Å². The van der Waals surface area contributed by atoms with E-state index in [4.69, 9.17) is 9.47 Å². The molecule has 0 atom stereocenters. The van der Waals surface area contributed by atoms with Crippen LogP contribution >= 0.6 is 0 Å². The first-order valence-electron chi connectivity index (χ1n) is 7.43. The van der Waals surface area contributed by atoms with Gasteiger partial charge in [-0.05, 0) is 42.3 Å². The molecule has 5 nitrogen and oxygen atoms in total.